The van der Waals surface area contributed by atoms with Gasteiger partial charge in [-0.3, -0.25) is 29.1 Å². The molecule has 0 aliphatic rings. The molecule has 2 rings (SSSR count). The number of carbonyl (C=O) groups excluding carboxylic acids is 3. The Kier molecular flexibility index (Phi) is 12.5. The summed E-state index contributed by atoms with van der Waals surface area (Å²) in [6.07, 6.45) is 6.32. The molecular formula is C25H36N5O8P. The van der Waals surface area contributed by atoms with E-state index < -0.39 is 31.4 Å². The van der Waals surface area contributed by atoms with Crippen LogP contribution in [0.4, 0.5) is 0 Å². The summed E-state index contributed by atoms with van der Waals surface area (Å²) in [6, 6.07) is 3.39. The molecule has 0 bridgehead atoms. The summed E-state index contributed by atoms with van der Waals surface area (Å²) < 4.78 is 17.1. The molecule has 0 saturated heterocycles. The lowest BCUT2D eigenvalue weighted by molar-refractivity contribution is -0.168. The van der Waals surface area contributed by atoms with Crippen LogP contribution in [0.5, 0.6) is 5.75 Å². The smallest absolute Gasteiger partial charge is 0.359 e. The fourth-order valence-electron chi connectivity index (χ4n) is 4.08. The first-order valence-electron chi connectivity index (χ1n) is 12.7. The van der Waals surface area contributed by atoms with Gasteiger partial charge in [0.15, 0.2) is 0 Å². The number of ether oxygens (including phenoxy) is 1. The predicted octanol–water partition coefficient (Wildman–Crippen LogP) is 1.97. The Morgan fingerprint density at radius 1 is 1.15 bits per heavy atom. The Bertz CT molecular complexity index is 1170. The second-order valence-corrected chi connectivity index (χ2v) is 10.3. The van der Waals surface area contributed by atoms with Crippen molar-refractivity contribution in [2.75, 3.05) is 13.3 Å². The monoisotopic (exact) mass is 565 g/mol. The third-order valence-corrected chi connectivity index (χ3v) is 7.03. The van der Waals surface area contributed by atoms with Crippen molar-refractivity contribution in [2.24, 2.45) is 5.92 Å². The number of hydrogen-bond acceptors (Lipinski definition) is 8. The van der Waals surface area contributed by atoms with Crippen LogP contribution in [0.15, 0.2) is 30.6 Å². The van der Waals surface area contributed by atoms with Gasteiger partial charge in [-0.25, -0.2) is 10.0 Å². The number of nitrogens with zero attached hydrogens (tertiary/aromatic N) is 3. The average Bonchev–Trinajstić information content (AvgIpc) is 2.91. The van der Waals surface area contributed by atoms with Gasteiger partial charge in [0.05, 0.1) is 43.3 Å². The van der Waals surface area contributed by atoms with E-state index in [1.165, 1.54) is 30.6 Å². The molecule has 2 aromatic rings. The van der Waals surface area contributed by atoms with Crippen LogP contribution in [0, 0.1) is 5.92 Å². The van der Waals surface area contributed by atoms with Crippen molar-refractivity contribution >= 4 is 31.1 Å². The van der Waals surface area contributed by atoms with E-state index in [0.717, 1.165) is 19.3 Å². The second kappa shape index (κ2) is 15.3. The third-order valence-electron chi connectivity index (χ3n) is 6.03. The average molecular weight is 566 g/mol. The fraction of sp³-hybridized carbons (Fsp3) is 0.480. The van der Waals surface area contributed by atoms with Crippen LogP contribution in [-0.4, -0.2) is 67.6 Å². The van der Waals surface area contributed by atoms with Crippen LogP contribution >= 0.6 is 7.60 Å². The van der Waals surface area contributed by atoms with Crippen LogP contribution in [0.3, 0.4) is 0 Å². The van der Waals surface area contributed by atoms with Crippen molar-refractivity contribution in [3.8, 4) is 17.0 Å². The van der Waals surface area contributed by atoms with E-state index in [0.29, 0.717) is 23.5 Å². The molecule has 3 amide bonds. The van der Waals surface area contributed by atoms with Crippen molar-refractivity contribution in [1.29, 1.82) is 0 Å². The quantitative estimate of drug-likeness (QED) is 0.0502. The predicted molar refractivity (Wildman–Crippen MR) is 142 cm³/mol. The second-order valence-electron chi connectivity index (χ2n) is 8.74. The van der Waals surface area contributed by atoms with Gasteiger partial charge < -0.3 is 25.2 Å². The van der Waals surface area contributed by atoms with Gasteiger partial charge in [0.1, 0.15) is 16.7 Å². The molecule has 214 valence electrons. The Morgan fingerprint density at radius 2 is 1.90 bits per heavy atom. The van der Waals surface area contributed by atoms with Gasteiger partial charge in [-0.1, -0.05) is 39.2 Å². The van der Waals surface area contributed by atoms with Gasteiger partial charge in [-0.05, 0) is 31.9 Å². The van der Waals surface area contributed by atoms with E-state index in [9.17, 15) is 33.9 Å². The summed E-state index contributed by atoms with van der Waals surface area (Å²) in [6.45, 7) is 5.43. The van der Waals surface area contributed by atoms with Gasteiger partial charge in [0, 0.05) is 5.56 Å². The highest BCUT2D eigenvalue weighted by Crippen LogP contribution is 2.38. The van der Waals surface area contributed by atoms with Crippen molar-refractivity contribution < 1.29 is 38.7 Å². The summed E-state index contributed by atoms with van der Waals surface area (Å²) in [5.41, 5.74) is 0.645. The fourth-order valence-corrected chi connectivity index (χ4v) is 4.76. The first-order valence-corrected chi connectivity index (χ1v) is 14.3. The van der Waals surface area contributed by atoms with Gasteiger partial charge in [0.2, 0.25) is 12.3 Å². The molecule has 0 fully saturated rings. The Morgan fingerprint density at radius 3 is 2.51 bits per heavy atom. The summed E-state index contributed by atoms with van der Waals surface area (Å²) in [4.78, 5) is 64.1. The molecule has 1 heterocycles. The SMILES string of the molecule is CCCCC[C@@H](C(=O)NCNC(=O)c1cncc(-c2ccc(P(=O)(O)O)c(OCC)c2)n1)[C@@H](CC)N(O)C=O. The molecule has 0 aliphatic heterocycles. The van der Waals surface area contributed by atoms with Gasteiger partial charge in [-0.2, -0.15) is 0 Å². The van der Waals surface area contributed by atoms with Crippen molar-refractivity contribution in [3.05, 3.63) is 36.3 Å². The zero-order valence-electron chi connectivity index (χ0n) is 22.2. The first-order chi connectivity index (χ1) is 18.6. The van der Waals surface area contributed by atoms with Crippen molar-refractivity contribution in [1.82, 2.24) is 25.7 Å². The summed E-state index contributed by atoms with van der Waals surface area (Å²) in [5, 5.41) is 15.4. The summed E-state index contributed by atoms with van der Waals surface area (Å²) in [7, 11) is -4.57. The topological polar surface area (TPSA) is 191 Å². The lowest BCUT2D eigenvalue weighted by Crippen LogP contribution is -2.47. The highest BCUT2D eigenvalue weighted by atomic mass is 31.2. The molecule has 0 spiro atoms. The molecule has 0 saturated carbocycles. The molecule has 14 heteroatoms. The summed E-state index contributed by atoms with van der Waals surface area (Å²) in [5.74, 6) is -1.69. The van der Waals surface area contributed by atoms with Crippen LogP contribution in [0.1, 0.15) is 63.4 Å². The Balaban J connectivity index is 2.12. The van der Waals surface area contributed by atoms with Crippen LogP contribution < -0.4 is 20.7 Å². The first kappa shape index (κ1) is 31.8. The van der Waals surface area contributed by atoms with E-state index in [2.05, 4.69) is 20.6 Å². The number of hydroxylamine groups is 2. The molecule has 39 heavy (non-hydrogen) atoms. The number of hydrogen-bond donors (Lipinski definition) is 5. The number of benzene rings is 1. The van der Waals surface area contributed by atoms with E-state index in [-0.39, 0.29) is 42.1 Å². The maximum Gasteiger partial charge on any atom is 0.359 e. The Labute approximate surface area is 227 Å². The largest absolute Gasteiger partial charge is 0.493 e. The van der Waals surface area contributed by atoms with Gasteiger partial charge in [0.25, 0.3) is 5.91 Å². The molecule has 0 radical (unpaired) electrons. The molecule has 0 unspecified atom stereocenters. The number of aromatic nitrogens is 2. The lowest BCUT2D eigenvalue weighted by Gasteiger charge is -2.29. The maximum absolute atomic E-state index is 12.9. The number of carbonyl (C=O) groups is 3. The Hall–Kier alpha value is -3.38. The normalized spacial score (nSPS) is 12.8. The number of unbranched alkanes of at least 4 members (excludes halogenated alkanes) is 2. The van der Waals surface area contributed by atoms with Crippen molar-refractivity contribution in [2.45, 2.75) is 58.9 Å². The zero-order chi connectivity index (χ0) is 29.0. The minimum atomic E-state index is -4.57. The molecule has 5 N–H and O–H groups in total. The minimum absolute atomic E-state index is 0.00222. The number of amides is 3. The molecule has 1 aromatic heterocycles. The molecule has 1 aromatic carbocycles. The molecule has 0 aliphatic carbocycles. The minimum Gasteiger partial charge on any atom is -0.493 e. The molecule has 2 atom stereocenters. The standard InChI is InChI=1S/C25H36N5O8P/c1-4-7-8-9-18(21(5-2)30(34)16-31)24(32)27-15-28-25(33)20-14-26-13-19(29-20)17-10-11-23(39(35,36)37)22(12-17)38-6-3/h10-14,16,18,21,34H,4-9,15H2,1-3H3,(H,27,32)(H,28,33)(H2,35,36,37)/t18-,21-/m1/s1. The van der Waals surface area contributed by atoms with E-state index in [1.54, 1.807) is 13.8 Å². The van der Waals surface area contributed by atoms with Crippen LogP contribution in [0.25, 0.3) is 11.3 Å². The van der Waals surface area contributed by atoms with Crippen LogP contribution in [0.2, 0.25) is 0 Å². The van der Waals surface area contributed by atoms with Crippen molar-refractivity contribution in [3.63, 3.8) is 0 Å². The zero-order valence-corrected chi connectivity index (χ0v) is 23.1. The molecule has 13 nitrogen and oxygen atoms in total. The van der Waals surface area contributed by atoms with E-state index in [1.807, 2.05) is 6.92 Å². The van der Waals surface area contributed by atoms with E-state index in [4.69, 9.17) is 4.74 Å². The van der Waals surface area contributed by atoms with Gasteiger partial charge >= 0.3 is 7.60 Å². The number of rotatable bonds is 16. The van der Waals surface area contributed by atoms with Crippen LogP contribution in [-0.2, 0) is 14.2 Å². The molecular weight excluding hydrogens is 529 g/mol. The van der Waals surface area contributed by atoms with E-state index >= 15 is 0 Å². The third kappa shape index (κ3) is 9.10. The lowest BCUT2D eigenvalue weighted by atomic mass is 9.90. The maximum atomic E-state index is 12.9. The van der Waals surface area contributed by atoms with Gasteiger partial charge in [-0.15, -0.1) is 0 Å². The number of nitrogens with one attached hydrogen (secondary N) is 2. The highest BCUT2D eigenvalue weighted by molar-refractivity contribution is 7.60. The summed E-state index contributed by atoms with van der Waals surface area (Å²) >= 11 is 0. The highest BCUT2D eigenvalue weighted by Gasteiger charge is 2.30.